The molecule has 0 bridgehead atoms. The average Bonchev–Trinajstić information content (AvgIpc) is 1.73. The molecule has 24 heteroatoms. The minimum absolute atomic E-state index is 0.0122. The molecule has 4 aromatic carbocycles. The van der Waals surface area contributed by atoms with E-state index in [9.17, 15) is 63.9 Å². The van der Waals surface area contributed by atoms with Crippen LogP contribution < -0.4 is 5.32 Å². The van der Waals surface area contributed by atoms with Crippen LogP contribution in [0.4, 0.5) is 35.1 Å². The van der Waals surface area contributed by atoms with Gasteiger partial charge in [0.2, 0.25) is 41.4 Å². The van der Waals surface area contributed by atoms with Crippen LogP contribution in [0, 0.1) is 60.5 Å². The van der Waals surface area contributed by atoms with Gasteiger partial charge in [-0.3, -0.25) is 19.2 Å². The summed E-state index contributed by atoms with van der Waals surface area (Å²) in [6.45, 7) is 26.0. The van der Waals surface area contributed by atoms with E-state index in [0.29, 0.717) is 76.2 Å². The standard InChI is InChI=1S/C20H25F2NO3.2C19H18F2N2O2.C18H23NO3.C3H6F2/c1-14-16-7-10-23(13-17(21)22)18(24)19(16,15-5-3-2-4-6-15)8-9-20(14)25-11-12-26-20;2*1-12-14-8-9-23(11-16(20)21)18(25)19(14,10-15(22-2)17(12)24)13-6-4-3-5-7-13;1-13-15-7-10-19-16(20)17(15,14-5-3-2-4-6-14)8-9-18(13)21-11-12-22-18;1-2-3(4)5/h2-6,14,16-17H,7-13H2,1H3;2*3-7,10,12,14,16H,8-9,11H2,1H3;2-6,13,15H,7-12H2,1H3,(H,19,20);3H,2H2,1H3/t14-,16-,19+;2*12-,14-,19+;13-,15-,17+;/m0100./s1. The number of amides is 4. The van der Waals surface area contributed by atoms with Crippen molar-refractivity contribution in [3.63, 3.8) is 0 Å². The van der Waals surface area contributed by atoms with Crippen LogP contribution in [0.2, 0.25) is 0 Å². The van der Waals surface area contributed by atoms with Crippen LogP contribution in [0.15, 0.2) is 145 Å². The van der Waals surface area contributed by atoms with E-state index in [1.807, 2.05) is 48.5 Å². The summed E-state index contributed by atoms with van der Waals surface area (Å²) in [5.41, 5.74) is -0.490. The van der Waals surface area contributed by atoms with Gasteiger partial charge >= 0.3 is 0 Å². The second-order valence-electron chi connectivity index (χ2n) is 28.4. The van der Waals surface area contributed by atoms with Crippen molar-refractivity contribution in [2.45, 2.75) is 151 Å². The normalized spacial score (nSPS) is 31.0. The van der Waals surface area contributed by atoms with Gasteiger partial charge < -0.3 is 48.6 Å². The zero-order chi connectivity index (χ0) is 74.2. The number of piperidine rings is 4. The lowest BCUT2D eigenvalue weighted by Gasteiger charge is -2.56. The Labute approximate surface area is 596 Å². The van der Waals surface area contributed by atoms with Gasteiger partial charge in [-0.25, -0.2) is 44.8 Å². The van der Waals surface area contributed by atoms with Gasteiger partial charge in [0, 0.05) is 69.1 Å². The number of nitrogens with one attached hydrogen (secondary N) is 1. The number of nitrogens with zero attached hydrogens (tertiary/aromatic N) is 5. The molecule has 2 saturated carbocycles. The molecule has 14 rings (SSSR count). The first-order valence-electron chi connectivity index (χ1n) is 35.6. The average molecular weight is 1440 g/mol. The Morgan fingerprint density at radius 1 is 0.447 bits per heavy atom. The molecule has 2 spiro atoms. The maximum atomic E-state index is 13.5. The van der Waals surface area contributed by atoms with Gasteiger partial charge in [0.1, 0.15) is 0 Å². The molecular weight excluding hydrogens is 1340 g/mol. The van der Waals surface area contributed by atoms with Crippen molar-refractivity contribution in [1.82, 2.24) is 20.0 Å². The third-order valence-electron chi connectivity index (χ3n) is 23.5. The SMILES string of the molecule is CCC(F)F.C[C@H]1[C@@H]2CCN(CC(F)F)C(=O)[C@@]2(c2ccccc2)CCC12OCCO2.C[C@H]1[C@@H]2CCNC(=O)[C@@]2(c2ccccc2)CCC12OCCO2.[C-]#[N+]C1=C[C@@]2(c3ccccc3)C(=O)N(CC(F)F)CC[C@@H]2[C@@H](C)C1=O.[C-]#[N+]C1=C[C@]2(c3ccccc3)C(=O)N(CC(F)F)CC[C@H]2[C@H](C)C1=O. The van der Waals surface area contributed by atoms with Gasteiger partial charge in [-0.1, -0.05) is 168 Å². The summed E-state index contributed by atoms with van der Waals surface area (Å²) in [5.74, 6) is -3.72. The van der Waals surface area contributed by atoms with Crippen molar-refractivity contribution in [3.05, 3.63) is 190 Å². The number of Topliss-reactive ketones (excluding diaryl/α,β-unsaturated/α-hetero) is 2. The number of benzene rings is 4. The molecule has 0 aromatic heterocycles. The number of fused-ring (bicyclic) bond motifs is 4. The van der Waals surface area contributed by atoms with Gasteiger partial charge in [-0.15, -0.1) is 0 Å². The van der Waals surface area contributed by atoms with E-state index in [4.69, 9.17) is 32.1 Å². The molecule has 10 aliphatic rings. The van der Waals surface area contributed by atoms with E-state index in [1.54, 1.807) is 74.5 Å². The molecule has 552 valence electrons. The monoisotopic (exact) mass is 1430 g/mol. The molecule has 0 unspecified atom stereocenters. The lowest BCUT2D eigenvalue weighted by molar-refractivity contribution is -0.239. The van der Waals surface area contributed by atoms with Crippen molar-refractivity contribution in [2.24, 2.45) is 47.3 Å². The van der Waals surface area contributed by atoms with Gasteiger partial charge in [-0.05, 0) is 84.5 Å². The molecule has 6 saturated heterocycles. The predicted molar refractivity (Wildman–Crippen MR) is 366 cm³/mol. The molecule has 4 aromatic rings. The minimum atomic E-state index is -2.62. The summed E-state index contributed by atoms with van der Waals surface area (Å²) >= 11 is 0. The van der Waals surface area contributed by atoms with Gasteiger partial charge in [0.25, 0.3) is 19.3 Å². The highest BCUT2D eigenvalue weighted by atomic mass is 19.3. The van der Waals surface area contributed by atoms with Gasteiger partial charge in [-0.2, -0.15) is 0 Å². The number of halogens is 8. The van der Waals surface area contributed by atoms with Gasteiger partial charge in [0.05, 0.1) is 80.9 Å². The van der Waals surface area contributed by atoms with E-state index in [-0.39, 0.29) is 89.8 Å². The van der Waals surface area contributed by atoms with Crippen LogP contribution in [0.1, 0.15) is 115 Å². The smallest absolute Gasteiger partial charge is 0.255 e. The fourth-order valence-electron chi connectivity index (χ4n) is 18.5. The summed E-state index contributed by atoms with van der Waals surface area (Å²) in [4.78, 5) is 88.0. The third kappa shape index (κ3) is 14.6. The fraction of sp³-hybridized carbons (Fsp3) is 0.544. The predicted octanol–water partition coefficient (Wildman–Crippen LogP) is 13.2. The summed E-state index contributed by atoms with van der Waals surface area (Å²) < 4.78 is 123. The first-order chi connectivity index (χ1) is 49.3. The zero-order valence-electron chi connectivity index (χ0n) is 58.6. The Morgan fingerprint density at radius 2 is 0.767 bits per heavy atom. The Bertz CT molecular complexity index is 3680. The second-order valence-corrected chi connectivity index (χ2v) is 28.4. The molecule has 16 nitrogen and oxygen atoms in total. The molecule has 6 heterocycles. The lowest BCUT2D eigenvalue weighted by atomic mass is 9.54. The molecule has 1 N–H and O–H groups in total. The second kappa shape index (κ2) is 32.5. The topological polar surface area (TPSA) is 170 Å². The largest absolute Gasteiger partial charge is 0.355 e. The van der Waals surface area contributed by atoms with E-state index in [1.165, 1.54) is 24.0 Å². The van der Waals surface area contributed by atoms with Crippen LogP contribution >= 0.6 is 0 Å². The number of rotatable bonds is 11. The Kier molecular flexibility index (Phi) is 24.4. The number of ketones is 2. The molecule has 12 atom stereocenters. The van der Waals surface area contributed by atoms with Crippen LogP contribution in [0.3, 0.4) is 0 Å². The first-order valence-corrected chi connectivity index (χ1v) is 35.6. The van der Waals surface area contributed by atoms with Crippen LogP contribution in [-0.4, -0.2) is 159 Å². The summed E-state index contributed by atoms with van der Waals surface area (Å²) in [5, 5.41) is 3.10. The molecule has 4 aliphatic carbocycles. The summed E-state index contributed by atoms with van der Waals surface area (Å²) in [6, 6.07) is 37.6. The highest BCUT2D eigenvalue weighted by Gasteiger charge is 2.65. The molecule has 0 radical (unpaired) electrons. The maximum absolute atomic E-state index is 13.5. The van der Waals surface area contributed by atoms with Crippen molar-refractivity contribution < 1.29 is 82.8 Å². The summed E-state index contributed by atoms with van der Waals surface area (Å²) in [6.07, 6.45) is -1.77. The highest BCUT2D eigenvalue weighted by Crippen LogP contribution is 2.59. The number of ether oxygens (including phenoxy) is 4. The Balaban J connectivity index is 0.000000144. The van der Waals surface area contributed by atoms with Crippen molar-refractivity contribution in [3.8, 4) is 0 Å². The van der Waals surface area contributed by atoms with Crippen LogP contribution in [0.5, 0.6) is 0 Å². The maximum Gasteiger partial charge on any atom is 0.255 e. The number of hydrogen-bond donors (Lipinski definition) is 1. The Morgan fingerprint density at radius 3 is 1.12 bits per heavy atom. The number of alkyl halides is 8. The third-order valence-corrected chi connectivity index (χ3v) is 23.5. The molecule has 4 amide bonds. The number of likely N-dealkylation sites (tertiary alicyclic amines) is 3. The zero-order valence-corrected chi connectivity index (χ0v) is 58.6. The molecular formula is C79H90F8N6O10. The van der Waals surface area contributed by atoms with Crippen LogP contribution in [-0.2, 0) is 69.4 Å². The van der Waals surface area contributed by atoms with E-state index < -0.39 is 102 Å². The van der Waals surface area contributed by atoms with E-state index in [0.717, 1.165) is 46.7 Å². The lowest BCUT2D eigenvalue weighted by Crippen LogP contribution is -2.64. The van der Waals surface area contributed by atoms with Crippen molar-refractivity contribution >= 4 is 35.2 Å². The van der Waals surface area contributed by atoms with Crippen molar-refractivity contribution in [1.29, 1.82) is 0 Å². The molecule has 103 heavy (non-hydrogen) atoms. The van der Waals surface area contributed by atoms with E-state index in [2.05, 4.69) is 41.0 Å². The number of carbonyl (C=O) groups excluding carboxylic acids is 6. The summed E-state index contributed by atoms with van der Waals surface area (Å²) in [7, 11) is 0. The fourth-order valence-corrected chi connectivity index (χ4v) is 18.5. The van der Waals surface area contributed by atoms with Crippen LogP contribution in [0.25, 0.3) is 9.69 Å². The first kappa shape index (κ1) is 77.5. The minimum Gasteiger partial charge on any atom is -0.355 e. The number of hydrogen-bond acceptors (Lipinski definition) is 10. The van der Waals surface area contributed by atoms with Gasteiger partial charge in [0.15, 0.2) is 23.1 Å². The quantitative estimate of drug-likeness (QED) is 0.113. The molecule has 6 aliphatic heterocycles. The highest BCUT2D eigenvalue weighted by molar-refractivity contribution is 6.06. The van der Waals surface area contributed by atoms with Crippen molar-refractivity contribution in [2.75, 3.05) is 72.2 Å². The number of carbonyl (C=O) groups is 6. The Hall–Kier alpha value is -8.16. The number of allylic oxidation sites excluding steroid dienone is 2. The molecule has 8 fully saturated rings. The van der Waals surface area contributed by atoms with E-state index >= 15 is 0 Å².